The zero-order valence-electron chi connectivity index (χ0n) is 25.5. The van der Waals surface area contributed by atoms with Crippen LogP contribution in [0.25, 0.3) is 0 Å². The molecule has 1 aromatic carbocycles. The van der Waals surface area contributed by atoms with Gasteiger partial charge in [0.2, 0.25) is 11.8 Å². The number of hydrogen-bond acceptors (Lipinski definition) is 6. The summed E-state index contributed by atoms with van der Waals surface area (Å²) in [6.45, 7) is 15.2. The predicted octanol–water partition coefficient (Wildman–Crippen LogP) is 4.44. The lowest BCUT2D eigenvalue weighted by Crippen LogP contribution is -2.55. The molecule has 0 saturated carbocycles. The van der Waals surface area contributed by atoms with E-state index in [4.69, 9.17) is 0 Å². The second-order valence-electron chi connectivity index (χ2n) is 11.7. The van der Waals surface area contributed by atoms with Crippen LogP contribution in [0, 0.1) is 11.8 Å². The fraction of sp³-hybridized carbons (Fsp3) is 0.562. The van der Waals surface area contributed by atoms with E-state index in [0.717, 1.165) is 12.1 Å². The van der Waals surface area contributed by atoms with Crippen molar-refractivity contribution in [2.24, 2.45) is 16.8 Å². The molecule has 3 amide bonds. The number of hydrogen-bond donors (Lipinski definition) is 2. The van der Waals surface area contributed by atoms with Crippen LogP contribution in [-0.4, -0.2) is 80.7 Å². The number of rotatable bonds is 12. The summed E-state index contributed by atoms with van der Waals surface area (Å²) in [5, 5.41) is 14.2. The first-order chi connectivity index (χ1) is 19.4. The lowest BCUT2D eigenvalue weighted by Gasteiger charge is -2.35. The third-order valence-electron chi connectivity index (χ3n) is 7.72. The second kappa shape index (κ2) is 14.3. The highest BCUT2D eigenvalue weighted by molar-refractivity contribution is 8.12. The Hall–Kier alpha value is -2.91. The van der Waals surface area contributed by atoms with Crippen molar-refractivity contribution in [1.29, 1.82) is 0 Å². The molecule has 1 saturated heterocycles. The minimum atomic E-state index is -1.20. The Bertz CT molecular complexity index is 1190. The van der Waals surface area contributed by atoms with Crippen LogP contribution in [0.3, 0.4) is 0 Å². The van der Waals surface area contributed by atoms with E-state index < -0.39 is 17.7 Å². The number of nitrogens with one attached hydrogen (secondary N) is 1. The van der Waals surface area contributed by atoms with Gasteiger partial charge in [0.05, 0.1) is 17.7 Å². The van der Waals surface area contributed by atoms with E-state index in [0.29, 0.717) is 18.7 Å². The maximum atomic E-state index is 14.0. The van der Waals surface area contributed by atoms with Crippen LogP contribution in [0.2, 0.25) is 0 Å². The highest BCUT2D eigenvalue weighted by Gasteiger charge is 2.49. The Morgan fingerprint density at radius 2 is 1.95 bits per heavy atom. The summed E-state index contributed by atoms with van der Waals surface area (Å²) in [5.74, 6) is -0.879. The van der Waals surface area contributed by atoms with E-state index in [9.17, 15) is 19.5 Å². The molecule has 2 aliphatic heterocycles. The number of carbonyl (C=O) groups excluding carboxylic acids is 3. The van der Waals surface area contributed by atoms with Gasteiger partial charge in [-0.05, 0) is 56.7 Å². The number of likely N-dealkylation sites (tertiary alicyclic amines) is 1. The van der Waals surface area contributed by atoms with Gasteiger partial charge in [-0.1, -0.05) is 57.2 Å². The number of aliphatic imine (C=N–C) groups is 1. The zero-order chi connectivity index (χ0) is 30.3. The largest absolute Gasteiger partial charge is 0.388 e. The van der Waals surface area contributed by atoms with Crippen molar-refractivity contribution in [2.75, 3.05) is 19.6 Å². The van der Waals surface area contributed by atoms with Crippen LogP contribution in [0.1, 0.15) is 70.8 Å². The summed E-state index contributed by atoms with van der Waals surface area (Å²) in [6.07, 6.45) is 6.38. The fourth-order valence-electron chi connectivity index (χ4n) is 5.46. The minimum Gasteiger partial charge on any atom is -0.388 e. The number of nitrogens with zero attached hydrogens (tertiary/aromatic N) is 3. The molecule has 3 rings (SSSR count). The van der Waals surface area contributed by atoms with Crippen LogP contribution < -0.4 is 5.32 Å². The van der Waals surface area contributed by atoms with E-state index >= 15 is 0 Å². The first kappa shape index (κ1) is 32.6. The average Bonchev–Trinajstić information content (AvgIpc) is 3.43. The van der Waals surface area contributed by atoms with Gasteiger partial charge in [0, 0.05) is 36.9 Å². The number of carbonyl (C=O) groups is 3. The molecule has 2 heterocycles. The van der Waals surface area contributed by atoms with Crippen molar-refractivity contribution < 1.29 is 19.5 Å². The van der Waals surface area contributed by atoms with Gasteiger partial charge in [-0.15, -0.1) is 11.8 Å². The van der Waals surface area contributed by atoms with Crippen LogP contribution in [-0.2, 0) is 16.1 Å². The monoisotopic (exact) mass is 582 g/mol. The molecule has 0 radical (unpaired) electrons. The molecule has 2 N–H and O–H groups in total. The number of allylic oxidation sites excluding steroid dienone is 2. The van der Waals surface area contributed by atoms with Crippen molar-refractivity contribution >= 4 is 35.0 Å². The van der Waals surface area contributed by atoms with Gasteiger partial charge in [0.15, 0.2) is 0 Å². The van der Waals surface area contributed by atoms with E-state index in [1.165, 1.54) is 10.5 Å². The zero-order valence-corrected chi connectivity index (χ0v) is 26.3. The van der Waals surface area contributed by atoms with Crippen LogP contribution in [0.4, 0.5) is 0 Å². The molecule has 0 aromatic heterocycles. The highest BCUT2D eigenvalue weighted by atomic mass is 32.2. The lowest BCUT2D eigenvalue weighted by atomic mass is 10.00. The van der Waals surface area contributed by atoms with Gasteiger partial charge in [-0.25, -0.2) is 0 Å². The van der Waals surface area contributed by atoms with E-state index in [1.807, 2.05) is 58.4 Å². The Kier molecular flexibility index (Phi) is 11.4. The van der Waals surface area contributed by atoms with Crippen molar-refractivity contribution in [3.05, 3.63) is 59.2 Å². The second-order valence-corrected chi connectivity index (χ2v) is 12.9. The number of amides is 3. The van der Waals surface area contributed by atoms with Gasteiger partial charge in [0.25, 0.3) is 5.91 Å². The maximum Gasteiger partial charge on any atom is 0.255 e. The molecule has 9 heteroatoms. The van der Waals surface area contributed by atoms with E-state index in [1.54, 1.807) is 29.7 Å². The molecule has 5 atom stereocenters. The minimum absolute atomic E-state index is 0.0408. The summed E-state index contributed by atoms with van der Waals surface area (Å²) in [7, 11) is 0. The Balaban J connectivity index is 1.68. The highest BCUT2D eigenvalue weighted by Crippen LogP contribution is 2.32. The van der Waals surface area contributed by atoms with E-state index in [2.05, 4.69) is 35.5 Å². The molecule has 0 spiro atoms. The molecule has 0 aliphatic carbocycles. The number of benzene rings is 1. The van der Waals surface area contributed by atoms with E-state index in [-0.39, 0.29) is 47.8 Å². The fourth-order valence-corrected chi connectivity index (χ4v) is 6.25. The molecule has 0 bridgehead atoms. The summed E-state index contributed by atoms with van der Waals surface area (Å²) < 4.78 is 0. The normalized spacial score (nSPS) is 23.5. The van der Waals surface area contributed by atoms with Crippen molar-refractivity contribution in [3.8, 4) is 0 Å². The van der Waals surface area contributed by atoms with Gasteiger partial charge in [-0.3, -0.25) is 19.4 Å². The summed E-state index contributed by atoms with van der Waals surface area (Å²) >= 11 is 1.67. The SMILES string of the molecule is C/C=C(\C=C/C(C)CNC(=O)[C@@H]1C[C@@](C)(O)CN1C(=O)[C@H](C(C)C)N1Cc2ccccc2C1=O)[C@@H](C)SC=NCC. The molecule has 2 aliphatic rings. The standard InChI is InChI=1S/C32H46N4O4S/c1-8-24(23(6)41-20-33-9-2)15-14-22(5)17-34-29(37)27-16-32(7,40)19-36(27)31(39)28(21(3)4)35-18-25-12-10-11-13-26(25)30(35)38/h8,10-15,20-23,27-28,40H,9,16-19H2,1-7H3,(H,34,37)/b15-14-,24-8+,33-20?/t22?,23-,27+,28+,32-/m1/s1. The number of thioether (sulfide) groups is 1. The molecule has 224 valence electrons. The van der Waals surface area contributed by atoms with Gasteiger partial charge in [-0.2, -0.15) is 0 Å². The van der Waals surface area contributed by atoms with Crippen molar-refractivity contribution in [3.63, 3.8) is 0 Å². The summed E-state index contributed by atoms with van der Waals surface area (Å²) in [5.41, 5.74) is 3.37. The number of β-amino-alcohol motifs (C(OH)–C–C–N with tert-alkyl or cyclic N) is 1. The third kappa shape index (κ3) is 8.10. The van der Waals surface area contributed by atoms with Crippen molar-refractivity contribution in [1.82, 2.24) is 15.1 Å². The van der Waals surface area contributed by atoms with Crippen LogP contribution >= 0.6 is 11.8 Å². The van der Waals surface area contributed by atoms with Gasteiger partial charge >= 0.3 is 0 Å². The third-order valence-corrected chi connectivity index (χ3v) is 8.67. The van der Waals surface area contributed by atoms with Gasteiger partial charge < -0.3 is 20.2 Å². The van der Waals surface area contributed by atoms with Crippen LogP contribution in [0.5, 0.6) is 0 Å². The Morgan fingerprint density at radius 1 is 1.24 bits per heavy atom. The quantitative estimate of drug-likeness (QED) is 0.216. The maximum absolute atomic E-state index is 14.0. The average molecular weight is 583 g/mol. The molecular formula is C32H46N4O4S. The molecule has 1 unspecified atom stereocenters. The smallest absolute Gasteiger partial charge is 0.255 e. The molecule has 41 heavy (non-hydrogen) atoms. The van der Waals surface area contributed by atoms with Crippen LogP contribution in [0.15, 0.2) is 53.1 Å². The lowest BCUT2D eigenvalue weighted by molar-refractivity contribution is -0.143. The number of fused-ring (bicyclic) bond motifs is 1. The Morgan fingerprint density at radius 3 is 2.59 bits per heavy atom. The topological polar surface area (TPSA) is 102 Å². The molecule has 1 aromatic rings. The summed E-state index contributed by atoms with van der Waals surface area (Å²) in [4.78, 5) is 48.0. The van der Waals surface area contributed by atoms with Gasteiger partial charge in [0.1, 0.15) is 12.1 Å². The molecule has 8 nitrogen and oxygen atoms in total. The molecule has 1 fully saturated rings. The number of aliphatic hydroxyl groups is 1. The Labute approximate surface area is 249 Å². The summed E-state index contributed by atoms with van der Waals surface area (Å²) in [6, 6.07) is 5.85. The van der Waals surface area contributed by atoms with Crippen molar-refractivity contribution in [2.45, 2.75) is 84.4 Å². The first-order valence-electron chi connectivity index (χ1n) is 14.6. The molecular weight excluding hydrogens is 536 g/mol. The predicted molar refractivity (Wildman–Crippen MR) is 167 cm³/mol. The first-order valence-corrected chi connectivity index (χ1v) is 15.5.